The van der Waals surface area contributed by atoms with Crippen molar-refractivity contribution in [2.75, 3.05) is 0 Å². The number of rotatable bonds is 1. The van der Waals surface area contributed by atoms with Crippen molar-refractivity contribution in [3.8, 4) is 0 Å². The molecule has 1 heterocycles. The zero-order valence-corrected chi connectivity index (χ0v) is 13.0. The van der Waals surface area contributed by atoms with E-state index >= 15 is 0 Å². The quantitative estimate of drug-likeness (QED) is 0.600. The van der Waals surface area contributed by atoms with E-state index in [1.165, 1.54) is 5.56 Å². The molecule has 1 heteroatoms. The predicted octanol–water partition coefficient (Wildman–Crippen LogP) is 5.14. The standard InChI is InChI=1S/C16H24Si/c1-15(2)14(13-10-8-7-9-11-13)12-17(5,6)16(15,3)4/h7-12H,1-6H3. The maximum absolute atomic E-state index is 2.61. The average Bonchev–Trinajstić information content (AvgIpc) is 2.37. The molecular formula is C16H24Si. The topological polar surface area (TPSA) is 0 Å². The van der Waals surface area contributed by atoms with Gasteiger partial charge in [-0.3, -0.25) is 0 Å². The van der Waals surface area contributed by atoms with Crippen molar-refractivity contribution in [2.45, 2.75) is 45.8 Å². The molecule has 1 aromatic rings. The van der Waals surface area contributed by atoms with Gasteiger partial charge in [-0.05, 0) is 21.6 Å². The van der Waals surface area contributed by atoms with Gasteiger partial charge >= 0.3 is 0 Å². The Kier molecular flexibility index (Phi) is 2.66. The Morgan fingerprint density at radius 2 is 1.41 bits per heavy atom. The molecule has 2 rings (SSSR count). The molecule has 1 aliphatic rings. The van der Waals surface area contributed by atoms with E-state index < -0.39 is 8.07 Å². The van der Waals surface area contributed by atoms with E-state index in [0.29, 0.717) is 5.04 Å². The van der Waals surface area contributed by atoms with Crippen molar-refractivity contribution in [3.63, 3.8) is 0 Å². The van der Waals surface area contributed by atoms with Crippen LogP contribution >= 0.6 is 0 Å². The monoisotopic (exact) mass is 244 g/mol. The van der Waals surface area contributed by atoms with Crippen molar-refractivity contribution >= 4 is 13.6 Å². The fourth-order valence-electron chi connectivity index (χ4n) is 2.93. The second-order valence-corrected chi connectivity index (χ2v) is 11.9. The molecule has 0 aliphatic carbocycles. The van der Waals surface area contributed by atoms with Gasteiger partial charge in [-0.25, -0.2) is 0 Å². The third-order valence-electron chi connectivity index (χ3n) is 5.44. The van der Waals surface area contributed by atoms with E-state index in [1.54, 1.807) is 5.57 Å². The highest BCUT2D eigenvalue weighted by Gasteiger charge is 2.54. The zero-order chi connectivity index (χ0) is 12.9. The van der Waals surface area contributed by atoms with Crippen LogP contribution in [0.2, 0.25) is 18.1 Å². The summed E-state index contributed by atoms with van der Waals surface area (Å²) in [4.78, 5) is 0. The lowest BCUT2D eigenvalue weighted by atomic mass is 9.72. The molecule has 0 atom stereocenters. The maximum atomic E-state index is 2.61. The molecule has 0 N–H and O–H groups in total. The molecule has 0 spiro atoms. The fourth-order valence-corrected chi connectivity index (χ4v) is 6.28. The normalized spacial score (nSPS) is 24.5. The summed E-state index contributed by atoms with van der Waals surface area (Å²) in [5.74, 6) is 0. The van der Waals surface area contributed by atoms with E-state index in [9.17, 15) is 0 Å². The fraction of sp³-hybridized carbons (Fsp3) is 0.500. The number of allylic oxidation sites excluding steroid dienone is 1. The van der Waals surface area contributed by atoms with Crippen LogP contribution in [0.5, 0.6) is 0 Å². The lowest BCUT2D eigenvalue weighted by Crippen LogP contribution is -2.40. The number of hydrogen-bond donors (Lipinski definition) is 0. The molecule has 0 bridgehead atoms. The Balaban J connectivity index is 2.58. The molecule has 17 heavy (non-hydrogen) atoms. The predicted molar refractivity (Wildman–Crippen MR) is 79.7 cm³/mol. The van der Waals surface area contributed by atoms with Gasteiger partial charge in [0.15, 0.2) is 0 Å². The maximum Gasteiger partial charge on any atom is 0.0785 e. The van der Waals surface area contributed by atoms with Gasteiger partial charge in [0.05, 0.1) is 8.07 Å². The van der Waals surface area contributed by atoms with Gasteiger partial charge in [0.1, 0.15) is 0 Å². The third kappa shape index (κ3) is 1.63. The van der Waals surface area contributed by atoms with Gasteiger partial charge < -0.3 is 0 Å². The summed E-state index contributed by atoms with van der Waals surface area (Å²) in [6.07, 6.45) is 0. The van der Waals surface area contributed by atoms with Crippen LogP contribution in [0.4, 0.5) is 0 Å². The molecule has 0 saturated heterocycles. The largest absolute Gasteiger partial charge is 0.0899 e. The molecule has 1 aromatic carbocycles. The first-order chi connectivity index (χ1) is 7.70. The molecule has 0 amide bonds. The van der Waals surface area contributed by atoms with Gasteiger partial charge in [0.2, 0.25) is 0 Å². The Bertz CT molecular complexity index is 450. The lowest BCUT2D eigenvalue weighted by molar-refractivity contribution is 0.366. The average molecular weight is 244 g/mol. The number of hydrogen-bond acceptors (Lipinski definition) is 0. The number of benzene rings is 1. The summed E-state index contributed by atoms with van der Waals surface area (Å²) in [5, 5.41) is 0.408. The third-order valence-corrected chi connectivity index (χ3v) is 10.3. The van der Waals surface area contributed by atoms with Crippen LogP contribution in [-0.4, -0.2) is 8.07 Å². The molecular weight excluding hydrogens is 220 g/mol. The minimum Gasteiger partial charge on any atom is -0.0899 e. The molecule has 0 nitrogen and oxygen atoms in total. The van der Waals surface area contributed by atoms with E-state index in [-0.39, 0.29) is 5.41 Å². The van der Waals surface area contributed by atoms with E-state index in [0.717, 1.165) is 0 Å². The van der Waals surface area contributed by atoms with Crippen molar-refractivity contribution in [3.05, 3.63) is 41.6 Å². The van der Waals surface area contributed by atoms with Crippen molar-refractivity contribution < 1.29 is 0 Å². The molecule has 1 aliphatic heterocycles. The van der Waals surface area contributed by atoms with Crippen LogP contribution in [0.3, 0.4) is 0 Å². The zero-order valence-electron chi connectivity index (χ0n) is 12.0. The highest BCUT2D eigenvalue weighted by molar-refractivity contribution is 6.87. The van der Waals surface area contributed by atoms with Crippen molar-refractivity contribution in [2.24, 2.45) is 5.41 Å². The summed E-state index contributed by atoms with van der Waals surface area (Å²) < 4.78 is 0. The first kappa shape index (κ1) is 12.6. The lowest BCUT2D eigenvalue weighted by Gasteiger charge is -2.44. The molecule has 0 fully saturated rings. The highest BCUT2D eigenvalue weighted by atomic mass is 28.3. The van der Waals surface area contributed by atoms with Gasteiger partial charge in [-0.2, -0.15) is 0 Å². The molecule has 0 radical (unpaired) electrons. The van der Waals surface area contributed by atoms with Crippen molar-refractivity contribution in [1.82, 2.24) is 0 Å². The van der Waals surface area contributed by atoms with Gasteiger partial charge in [-0.1, -0.05) is 76.8 Å². The van der Waals surface area contributed by atoms with Gasteiger partial charge in [0, 0.05) is 0 Å². The van der Waals surface area contributed by atoms with Crippen molar-refractivity contribution in [1.29, 1.82) is 0 Å². The second kappa shape index (κ2) is 3.58. The van der Waals surface area contributed by atoms with E-state index in [1.807, 2.05) is 0 Å². The first-order valence-corrected chi connectivity index (χ1v) is 9.57. The minimum atomic E-state index is -1.31. The van der Waals surface area contributed by atoms with E-state index in [4.69, 9.17) is 0 Å². The molecule has 92 valence electrons. The first-order valence-electron chi connectivity index (χ1n) is 6.49. The summed E-state index contributed by atoms with van der Waals surface area (Å²) in [6.45, 7) is 14.7. The summed E-state index contributed by atoms with van der Waals surface area (Å²) in [7, 11) is -1.31. The highest BCUT2D eigenvalue weighted by Crippen LogP contribution is 2.63. The Labute approximate surface area is 107 Å². The van der Waals surface area contributed by atoms with Crippen LogP contribution in [0, 0.1) is 5.41 Å². The Morgan fingerprint density at radius 3 is 1.82 bits per heavy atom. The van der Waals surface area contributed by atoms with E-state index in [2.05, 4.69) is 76.8 Å². The van der Waals surface area contributed by atoms with Crippen LogP contribution in [0.15, 0.2) is 36.0 Å². The minimum absolute atomic E-state index is 0.268. The van der Waals surface area contributed by atoms with Crippen LogP contribution < -0.4 is 0 Å². The summed E-state index contributed by atoms with van der Waals surface area (Å²) in [6, 6.07) is 10.9. The summed E-state index contributed by atoms with van der Waals surface area (Å²) in [5.41, 5.74) is 5.84. The molecule has 0 aromatic heterocycles. The Hall–Kier alpha value is -0.823. The van der Waals surface area contributed by atoms with Crippen LogP contribution in [0.25, 0.3) is 5.57 Å². The smallest absolute Gasteiger partial charge is 0.0785 e. The van der Waals surface area contributed by atoms with Gasteiger partial charge in [-0.15, -0.1) is 0 Å². The SMILES string of the molecule is CC1(C)C(c2ccccc2)=C[Si](C)(C)C1(C)C. The molecule has 0 unspecified atom stereocenters. The second-order valence-electron chi connectivity index (χ2n) is 6.90. The summed E-state index contributed by atoms with van der Waals surface area (Å²) >= 11 is 0. The van der Waals surface area contributed by atoms with Gasteiger partial charge in [0.25, 0.3) is 0 Å². The molecule has 0 saturated carbocycles. The van der Waals surface area contributed by atoms with Crippen LogP contribution in [0.1, 0.15) is 33.3 Å². The Morgan fingerprint density at radius 1 is 0.882 bits per heavy atom. The van der Waals surface area contributed by atoms with Crippen LogP contribution in [-0.2, 0) is 0 Å².